The van der Waals surface area contributed by atoms with Crippen molar-refractivity contribution in [1.82, 2.24) is 14.5 Å². The third kappa shape index (κ3) is 3.40. The first-order chi connectivity index (χ1) is 13.0. The summed E-state index contributed by atoms with van der Waals surface area (Å²) in [6, 6.07) is 6.69. The third-order valence-electron chi connectivity index (χ3n) is 4.85. The monoisotopic (exact) mass is 407 g/mol. The molecule has 0 radical (unpaired) electrons. The normalized spacial score (nSPS) is 16.7. The maximum absolute atomic E-state index is 13.0. The Balaban J connectivity index is 1.48. The number of sulfonamides is 1. The molecule has 3 heterocycles. The van der Waals surface area contributed by atoms with E-state index in [4.69, 9.17) is 20.4 Å². The molecule has 27 heavy (non-hydrogen) atoms. The first kappa shape index (κ1) is 18.2. The van der Waals surface area contributed by atoms with E-state index in [1.807, 2.05) is 0 Å². The van der Waals surface area contributed by atoms with Crippen LogP contribution < -0.4 is 0 Å². The summed E-state index contributed by atoms with van der Waals surface area (Å²) in [5.41, 5.74) is 1.30. The van der Waals surface area contributed by atoms with Crippen LogP contribution in [0, 0.1) is 6.92 Å². The first-order valence-electron chi connectivity index (χ1n) is 8.58. The second-order valence-corrected chi connectivity index (χ2v) is 8.81. The maximum atomic E-state index is 13.0. The quantitative estimate of drug-likeness (QED) is 0.652. The molecule has 0 unspecified atom stereocenters. The van der Waals surface area contributed by atoms with E-state index in [1.54, 1.807) is 43.7 Å². The van der Waals surface area contributed by atoms with Gasteiger partial charge in [-0.05, 0) is 43.5 Å². The predicted octanol–water partition coefficient (Wildman–Crippen LogP) is 3.86. The van der Waals surface area contributed by atoms with Crippen LogP contribution >= 0.6 is 11.6 Å². The average molecular weight is 408 g/mol. The van der Waals surface area contributed by atoms with Crippen LogP contribution in [0.15, 0.2) is 50.5 Å². The van der Waals surface area contributed by atoms with Crippen LogP contribution in [0.1, 0.15) is 30.2 Å². The minimum atomic E-state index is -3.58. The minimum Gasteiger partial charge on any atom is -0.472 e. The number of hydrogen-bond donors (Lipinski definition) is 0. The lowest BCUT2D eigenvalue weighted by molar-refractivity contribution is 0.291. The van der Waals surface area contributed by atoms with Gasteiger partial charge in [-0.2, -0.15) is 4.31 Å². The Labute approximate surface area is 162 Å². The fraction of sp³-hybridized carbons (Fsp3) is 0.333. The van der Waals surface area contributed by atoms with E-state index in [2.05, 4.69) is 10.2 Å². The molecular weight excluding hydrogens is 390 g/mol. The van der Waals surface area contributed by atoms with Crippen LogP contribution in [0.5, 0.6) is 0 Å². The van der Waals surface area contributed by atoms with Crippen LogP contribution in [-0.2, 0) is 10.0 Å². The number of piperidine rings is 1. The van der Waals surface area contributed by atoms with Gasteiger partial charge in [0.05, 0.1) is 16.7 Å². The van der Waals surface area contributed by atoms with E-state index in [0.717, 1.165) is 5.56 Å². The number of hydrogen-bond acceptors (Lipinski definition) is 6. The molecule has 0 atom stereocenters. The van der Waals surface area contributed by atoms with Gasteiger partial charge in [-0.1, -0.05) is 17.7 Å². The van der Waals surface area contributed by atoms with Crippen molar-refractivity contribution in [2.45, 2.75) is 30.6 Å². The lowest BCUT2D eigenvalue weighted by Crippen LogP contribution is -2.38. The van der Waals surface area contributed by atoms with Crippen LogP contribution in [0.2, 0.25) is 5.02 Å². The highest BCUT2D eigenvalue weighted by molar-refractivity contribution is 7.89. The Morgan fingerprint density at radius 1 is 1.19 bits per heavy atom. The largest absolute Gasteiger partial charge is 0.472 e. The Morgan fingerprint density at radius 3 is 2.67 bits per heavy atom. The summed E-state index contributed by atoms with van der Waals surface area (Å²) in [7, 11) is -3.58. The Kier molecular flexibility index (Phi) is 4.79. The van der Waals surface area contributed by atoms with E-state index < -0.39 is 10.0 Å². The number of halogens is 1. The van der Waals surface area contributed by atoms with Crippen molar-refractivity contribution in [3.63, 3.8) is 0 Å². The topological polar surface area (TPSA) is 89.4 Å². The zero-order valence-corrected chi connectivity index (χ0v) is 16.2. The average Bonchev–Trinajstić information content (AvgIpc) is 3.35. The Hall–Kier alpha value is -2.16. The molecule has 3 aromatic rings. The van der Waals surface area contributed by atoms with Crippen molar-refractivity contribution in [1.29, 1.82) is 0 Å². The van der Waals surface area contributed by atoms with Crippen LogP contribution in [0.3, 0.4) is 0 Å². The number of aromatic nitrogens is 2. The van der Waals surface area contributed by atoms with Gasteiger partial charge in [-0.25, -0.2) is 8.42 Å². The molecule has 1 aromatic carbocycles. The number of rotatable bonds is 4. The van der Waals surface area contributed by atoms with Crippen molar-refractivity contribution < 1.29 is 17.3 Å². The van der Waals surface area contributed by atoms with Gasteiger partial charge in [0.1, 0.15) is 6.26 Å². The molecule has 7 nitrogen and oxygen atoms in total. The smallest absolute Gasteiger partial charge is 0.250 e. The van der Waals surface area contributed by atoms with E-state index >= 15 is 0 Å². The van der Waals surface area contributed by atoms with Gasteiger partial charge in [0.2, 0.25) is 15.9 Å². The molecule has 142 valence electrons. The molecule has 0 N–H and O–H groups in total. The van der Waals surface area contributed by atoms with Crippen LogP contribution in [0.4, 0.5) is 0 Å². The minimum absolute atomic E-state index is 0.0325. The second-order valence-electron chi connectivity index (χ2n) is 6.50. The molecule has 0 saturated carbocycles. The van der Waals surface area contributed by atoms with Gasteiger partial charge in [-0.3, -0.25) is 0 Å². The van der Waals surface area contributed by atoms with Gasteiger partial charge >= 0.3 is 0 Å². The zero-order chi connectivity index (χ0) is 19.0. The van der Waals surface area contributed by atoms with Crippen LogP contribution in [0.25, 0.3) is 11.5 Å². The Bertz CT molecular complexity index is 1040. The molecule has 0 bridgehead atoms. The molecule has 0 amide bonds. The Morgan fingerprint density at radius 2 is 1.96 bits per heavy atom. The van der Waals surface area contributed by atoms with Crippen molar-refractivity contribution >= 4 is 21.6 Å². The molecule has 1 aliphatic heterocycles. The molecule has 1 saturated heterocycles. The second kappa shape index (κ2) is 7.10. The molecule has 9 heteroatoms. The summed E-state index contributed by atoms with van der Waals surface area (Å²) in [6.07, 6.45) is 4.32. The zero-order valence-electron chi connectivity index (χ0n) is 14.6. The van der Waals surface area contributed by atoms with Crippen molar-refractivity contribution in [3.05, 3.63) is 53.3 Å². The van der Waals surface area contributed by atoms with E-state index in [9.17, 15) is 8.42 Å². The van der Waals surface area contributed by atoms with Gasteiger partial charge in [0.15, 0.2) is 0 Å². The molecular formula is C18H18ClN3O4S. The summed E-state index contributed by atoms with van der Waals surface area (Å²) in [5, 5.41) is 8.62. The lowest BCUT2D eigenvalue weighted by Gasteiger charge is -2.30. The summed E-state index contributed by atoms with van der Waals surface area (Å²) in [5.74, 6) is 0.968. The predicted molar refractivity (Wildman–Crippen MR) is 98.9 cm³/mol. The summed E-state index contributed by atoms with van der Waals surface area (Å²) in [6.45, 7) is 2.50. The lowest BCUT2D eigenvalue weighted by atomic mass is 9.98. The van der Waals surface area contributed by atoms with Gasteiger partial charge < -0.3 is 8.83 Å². The molecule has 1 aliphatic rings. The fourth-order valence-corrected chi connectivity index (χ4v) is 5.20. The number of nitrogens with zero attached hydrogens (tertiary/aromatic N) is 3. The molecule has 0 spiro atoms. The number of benzene rings is 1. The highest BCUT2D eigenvalue weighted by Crippen LogP contribution is 2.33. The third-order valence-corrected chi connectivity index (χ3v) is 7.30. The molecule has 2 aromatic heterocycles. The molecule has 0 aliphatic carbocycles. The van der Waals surface area contributed by atoms with E-state index in [-0.39, 0.29) is 10.8 Å². The molecule has 1 fully saturated rings. The van der Waals surface area contributed by atoms with Gasteiger partial charge in [0, 0.05) is 24.0 Å². The first-order valence-corrected chi connectivity index (χ1v) is 10.4. The van der Waals surface area contributed by atoms with E-state index in [0.29, 0.717) is 48.3 Å². The van der Waals surface area contributed by atoms with Gasteiger partial charge in [-0.15, -0.1) is 10.2 Å². The number of furan rings is 1. The highest BCUT2D eigenvalue weighted by Gasteiger charge is 2.33. The summed E-state index contributed by atoms with van der Waals surface area (Å²) >= 11 is 6.09. The van der Waals surface area contributed by atoms with Crippen molar-refractivity contribution in [2.24, 2.45) is 0 Å². The SMILES string of the molecule is Cc1c(Cl)cccc1S(=O)(=O)N1CCC(c2nnc(-c3ccoc3)o2)CC1. The van der Waals surface area contributed by atoms with Crippen LogP contribution in [-0.4, -0.2) is 36.0 Å². The van der Waals surface area contributed by atoms with E-state index in [1.165, 1.54) is 4.31 Å². The van der Waals surface area contributed by atoms with Gasteiger partial charge in [0.25, 0.3) is 5.89 Å². The summed E-state index contributed by atoms with van der Waals surface area (Å²) in [4.78, 5) is 0.258. The van der Waals surface area contributed by atoms with Crippen molar-refractivity contribution in [2.75, 3.05) is 13.1 Å². The standard InChI is InChI=1S/C18H18ClN3O4S/c1-12-15(19)3-2-4-16(12)27(23,24)22-8-5-13(6-9-22)17-20-21-18(26-17)14-7-10-25-11-14/h2-4,7,10-11,13H,5-6,8-9H2,1H3. The van der Waals surface area contributed by atoms with Crippen molar-refractivity contribution in [3.8, 4) is 11.5 Å². The maximum Gasteiger partial charge on any atom is 0.250 e. The highest BCUT2D eigenvalue weighted by atomic mass is 35.5. The molecule has 4 rings (SSSR count). The summed E-state index contributed by atoms with van der Waals surface area (Å²) < 4.78 is 38.2. The fourth-order valence-electron chi connectivity index (χ4n) is 3.25.